The molecule has 1 aliphatic heterocycles. The molecule has 2 aromatic rings. The van der Waals surface area contributed by atoms with Crippen molar-refractivity contribution in [2.75, 3.05) is 18.4 Å². The molecule has 0 bridgehead atoms. The largest absolute Gasteiger partial charge is 0.326 e. The van der Waals surface area contributed by atoms with E-state index in [-0.39, 0.29) is 18.4 Å². The van der Waals surface area contributed by atoms with Crippen LogP contribution in [0.15, 0.2) is 51.8 Å². The number of hydrogen-bond donors (Lipinski definition) is 1. The topological polar surface area (TPSA) is 66.5 Å². The van der Waals surface area contributed by atoms with Gasteiger partial charge < -0.3 is 5.32 Å². The molecule has 1 fully saturated rings. The molecule has 0 radical (unpaired) electrons. The molecule has 0 aliphatic carbocycles. The number of anilines is 1. The van der Waals surface area contributed by atoms with Crippen molar-refractivity contribution in [3.8, 4) is 0 Å². The molecule has 3 rings (SSSR count). The summed E-state index contributed by atoms with van der Waals surface area (Å²) < 4.78 is 28.6. The molecule has 1 N–H and O–H groups in total. The maximum Gasteiger partial charge on any atom is 0.243 e. The van der Waals surface area contributed by atoms with E-state index in [1.807, 2.05) is 43.3 Å². The minimum absolute atomic E-state index is 0.144. The smallest absolute Gasteiger partial charge is 0.243 e. The average molecular weight is 451 g/mol. The van der Waals surface area contributed by atoms with Crippen LogP contribution in [0.25, 0.3) is 0 Å². The van der Waals surface area contributed by atoms with Crippen molar-refractivity contribution < 1.29 is 13.2 Å². The van der Waals surface area contributed by atoms with Gasteiger partial charge in [0.05, 0.1) is 10.8 Å². The van der Waals surface area contributed by atoms with Crippen molar-refractivity contribution in [1.29, 1.82) is 0 Å². The first-order valence-corrected chi connectivity index (χ1v) is 11.1. The zero-order valence-corrected chi connectivity index (χ0v) is 17.8. The van der Waals surface area contributed by atoms with Crippen LogP contribution in [-0.4, -0.2) is 31.7 Å². The first kappa shape index (κ1) is 20.0. The van der Waals surface area contributed by atoms with Gasteiger partial charge in [0.25, 0.3) is 0 Å². The third-order valence-corrected chi connectivity index (χ3v) is 7.31. The second-order valence-corrected chi connectivity index (χ2v) is 9.79. The highest BCUT2D eigenvalue weighted by atomic mass is 79.9. The van der Waals surface area contributed by atoms with E-state index < -0.39 is 10.0 Å². The Labute approximate surface area is 169 Å². The lowest BCUT2D eigenvalue weighted by Crippen LogP contribution is -2.43. The molecule has 1 atom stereocenters. The summed E-state index contributed by atoms with van der Waals surface area (Å²) in [6.45, 7) is 4.32. The maximum absolute atomic E-state index is 13.1. The van der Waals surface area contributed by atoms with E-state index in [9.17, 15) is 13.2 Å². The first-order chi connectivity index (χ1) is 12.8. The number of halogens is 1. The Morgan fingerprint density at radius 3 is 2.70 bits per heavy atom. The van der Waals surface area contributed by atoms with E-state index >= 15 is 0 Å². The summed E-state index contributed by atoms with van der Waals surface area (Å²) >= 11 is 3.38. The Balaban J connectivity index is 1.77. The molecule has 1 heterocycles. The van der Waals surface area contributed by atoms with Crippen LogP contribution >= 0.6 is 15.9 Å². The van der Waals surface area contributed by atoms with Crippen LogP contribution in [-0.2, 0) is 14.8 Å². The number of benzene rings is 2. The minimum atomic E-state index is -3.62. The molecule has 0 unspecified atom stereocenters. The minimum Gasteiger partial charge on any atom is -0.326 e. The lowest BCUT2D eigenvalue weighted by molar-refractivity contribution is -0.120. The van der Waals surface area contributed by atoms with Gasteiger partial charge in [0.2, 0.25) is 15.9 Å². The Hall–Kier alpha value is -1.70. The summed E-state index contributed by atoms with van der Waals surface area (Å²) in [6.07, 6.45) is 1.35. The van der Waals surface area contributed by atoms with Crippen molar-refractivity contribution in [1.82, 2.24) is 4.31 Å². The van der Waals surface area contributed by atoms with Gasteiger partial charge in [-0.25, -0.2) is 8.42 Å². The highest BCUT2D eigenvalue weighted by Gasteiger charge is 2.34. The summed E-state index contributed by atoms with van der Waals surface area (Å²) in [4.78, 5) is 13.0. The van der Waals surface area contributed by atoms with Gasteiger partial charge in [0.15, 0.2) is 0 Å². The molecule has 2 aromatic carbocycles. The van der Waals surface area contributed by atoms with Gasteiger partial charge in [-0.1, -0.05) is 34.1 Å². The molecule has 1 amide bonds. The predicted octanol–water partition coefficient (Wildman–Crippen LogP) is 4.11. The normalized spacial score (nSPS) is 18.3. The molecule has 5 nitrogen and oxygen atoms in total. The van der Waals surface area contributed by atoms with Crippen LogP contribution in [0, 0.1) is 19.8 Å². The van der Waals surface area contributed by atoms with Gasteiger partial charge in [0.1, 0.15) is 0 Å². The van der Waals surface area contributed by atoms with Crippen LogP contribution in [0.2, 0.25) is 0 Å². The molecule has 1 aliphatic rings. The van der Waals surface area contributed by atoms with E-state index in [2.05, 4.69) is 21.2 Å². The number of amides is 1. The number of piperidine rings is 1. The van der Waals surface area contributed by atoms with Gasteiger partial charge >= 0.3 is 0 Å². The quantitative estimate of drug-likeness (QED) is 0.761. The number of hydrogen-bond acceptors (Lipinski definition) is 3. The van der Waals surface area contributed by atoms with Crippen molar-refractivity contribution in [2.45, 2.75) is 31.6 Å². The molecular weight excluding hydrogens is 428 g/mol. The third-order valence-electron chi connectivity index (χ3n) is 4.81. The second-order valence-electron chi connectivity index (χ2n) is 6.97. The third kappa shape index (κ3) is 4.59. The zero-order chi connectivity index (χ0) is 19.6. The second kappa shape index (κ2) is 8.12. The Morgan fingerprint density at radius 1 is 1.19 bits per heavy atom. The van der Waals surface area contributed by atoms with Crippen molar-refractivity contribution >= 4 is 37.5 Å². The fraction of sp³-hybridized carbons (Fsp3) is 0.350. The molecule has 144 valence electrons. The van der Waals surface area contributed by atoms with E-state index in [0.717, 1.165) is 15.6 Å². The van der Waals surface area contributed by atoms with Gasteiger partial charge in [-0.05, 0) is 62.1 Å². The van der Waals surface area contributed by atoms with Crippen LogP contribution in [0.4, 0.5) is 5.69 Å². The molecule has 0 aromatic heterocycles. The van der Waals surface area contributed by atoms with Gasteiger partial charge in [-0.3, -0.25) is 4.79 Å². The van der Waals surface area contributed by atoms with Gasteiger partial charge in [0, 0.05) is 23.2 Å². The number of nitrogens with one attached hydrogen (secondary N) is 1. The van der Waals surface area contributed by atoms with Crippen LogP contribution < -0.4 is 5.32 Å². The number of rotatable bonds is 4. The van der Waals surface area contributed by atoms with Crippen LogP contribution in [0.1, 0.15) is 24.0 Å². The van der Waals surface area contributed by atoms with E-state index in [0.29, 0.717) is 30.0 Å². The van der Waals surface area contributed by atoms with Crippen LogP contribution in [0.3, 0.4) is 0 Å². The number of nitrogens with zero attached hydrogens (tertiary/aromatic N) is 1. The summed E-state index contributed by atoms with van der Waals surface area (Å²) in [6, 6.07) is 12.8. The molecule has 0 spiro atoms. The highest BCUT2D eigenvalue weighted by molar-refractivity contribution is 9.10. The number of aryl methyl sites for hydroxylation is 2. The lowest BCUT2D eigenvalue weighted by atomic mass is 9.99. The zero-order valence-electron chi connectivity index (χ0n) is 15.4. The van der Waals surface area contributed by atoms with E-state index in [1.54, 1.807) is 13.0 Å². The molecule has 27 heavy (non-hydrogen) atoms. The molecule has 7 heteroatoms. The summed E-state index contributed by atoms with van der Waals surface area (Å²) in [5.74, 6) is -0.508. The van der Waals surface area contributed by atoms with Crippen molar-refractivity contribution in [3.63, 3.8) is 0 Å². The Kier molecular flexibility index (Phi) is 6.03. The van der Waals surface area contributed by atoms with Gasteiger partial charge in [-0.15, -0.1) is 0 Å². The first-order valence-electron chi connectivity index (χ1n) is 8.91. The van der Waals surface area contributed by atoms with E-state index in [1.165, 1.54) is 4.31 Å². The highest BCUT2D eigenvalue weighted by Crippen LogP contribution is 2.27. The number of sulfonamides is 1. The lowest BCUT2D eigenvalue weighted by Gasteiger charge is -2.31. The molecule has 0 saturated carbocycles. The fourth-order valence-electron chi connectivity index (χ4n) is 3.31. The van der Waals surface area contributed by atoms with Crippen molar-refractivity contribution in [2.24, 2.45) is 5.92 Å². The summed E-state index contributed by atoms with van der Waals surface area (Å²) in [7, 11) is -3.62. The Morgan fingerprint density at radius 2 is 1.96 bits per heavy atom. The summed E-state index contributed by atoms with van der Waals surface area (Å²) in [5, 5.41) is 2.89. The predicted molar refractivity (Wildman–Crippen MR) is 110 cm³/mol. The van der Waals surface area contributed by atoms with Gasteiger partial charge in [-0.2, -0.15) is 4.31 Å². The summed E-state index contributed by atoms with van der Waals surface area (Å²) in [5.41, 5.74) is 2.32. The molecule has 1 saturated heterocycles. The average Bonchev–Trinajstić information content (AvgIpc) is 2.63. The fourth-order valence-corrected chi connectivity index (χ4v) is 5.54. The monoisotopic (exact) mass is 450 g/mol. The number of carbonyl (C=O) groups excluding carboxylic acids is 1. The van der Waals surface area contributed by atoms with E-state index in [4.69, 9.17) is 0 Å². The number of carbonyl (C=O) groups is 1. The maximum atomic E-state index is 13.1. The molecular formula is C20H23BrN2O3S. The van der Waals surface area contributed by atoms with Crippen molar-refractivity contribution in [3.05, 3.63) is 58.1 Å². The van der Waals surface area contributed by atoms with Crippen LogP contribution in [0.5, 0.6) is 0 Å². The Bertz CT molecular complexity index is 959. The standard InChI is InChI=1S/C20H23BrN2O3S/c1-14-8-9-15(2)19(11-14)27(25,26)23-10-4-5-16(13-23)20(24)22-18-7-3-6-17(21)12-18/h3,6-9,11-12,16H,4-5,10,13H2,1-2H3,(H,22,24)/t16-/m0/s1. The SMILES string of the molecule is Cc1ccc(C)c(S(=O)(=O)N2CCC[C@H](C(=O)Nc3cccc(Br)c3)C2)c1.